The van der Waals surface area contributed by atoms with E-state index in [2.05, 4.69) is 9.97 Å². The number of rotatable bonds is 8. The Balaban J connectivity index is 2.95. The van der Waals surface area contributed by atoms with Crippen LogP contribution in [0.25, 0.3) is 0 Å². The Morgan fingerprint density at radius 2 is 2.05 bits per heavy atom. The Morgan fingerprint density at radius 3 is 2.62 bits per heavy atom. The van der Waals surface area contributed by atoms with Gasteiger partial charge in [0.1, 0.15) is 6.54 Å². The molecule has 0 aliphatic heterocycles. The van der Waals surface area contributed by atoms with E-state index in [1.807, 2.05) is 32.6 Å². The monoisotopic (exact) mass is 295 g/mol. The minimum Gasteiger partial charge on any atom is -0.475 e. The zero-order chi connectivity index (χ0) is 15.8. The van der Waals surface area contributed by atoms with Crippen molar-refractivity contribution in [2.75, 3.05) is 24.6 Å². The Bertz CT molecular complexity index is 463. The average molecular weight is 295 g/mol. The van der Waals surface area contributed by atoms with Crippen molar-refractivity contribution in [1.29, 1.82) is 0 Å². The lowest BCUT2D eigenvalue weighted by Crippen LogP contribution is -2.33. The fraction of sp³-hybridized carbons (Fsp3) is 0.667. The molecule has 0 radical (unpaired) electrons. The van der Waals surface area contributed by atoms with Crippen LogP contribution in [-0.4, -0.2) is 41.7 Å². The summed E-state index contributed by atoms with van der Waals surface area (Å²) in [6.45, 7) is 10.8. The first kappa shape index (κ1) is 17.2. The van der Waals surface area contributed by atoms with Gasteiger partial charge in [-0.3, -0.25) is 4.79 Å². The van der Waals surface area contributed by atoms with E-state index in [0.29, 0.717) is 25.0 Å². The van der Waals surface area contributed by atoms with Crippen LogP contribution in [0, 0.1) is 6.92 Å². The molecular formula is C15H25N3O3. The third kappa shape index (κ3) is 5.97. The molecule has 0 bridgehead atoms. The normalized spacial score (nSPS) is 10.6. The predicted octanol–water partition coefficient (Wildman–Crippen LogP) is 2.35. The highest BCUT2D eigenvalue weighted by Gasteiger charge is 2.16. The van der Waals surface area contributed by atoms with E-state index in [9.17, 15) is 4.79 Å². The van der Waals surface area contributed by atoms with E-state index in [1.54, 1.807) is 13.0 Å². The summed E-state index contributed by atoms with van der Waals surface area (Å²) in [5.41, 5.74) is 0.806. The van der Waals surface area contributed by atoms with Gasteiger partial charge in [0, 0.05) is 18.3 Å². The van der Waals surface area contributed by atoms with Crippen molar-refractivity contribution in [3.05, 3.63) is 11.8 Å². The first-order valence-corrected chi connectivity index (χ1v) is 7.39. The van der Waals surface area contributed by atoms with Crippen molar-refractivity contribution < 1.29 is 14.3 Å². The molecule has 0 atom stereocenters. The van der Waals surface area contributed by atoms with Gasteiger partial charge in [-0.15, -0.1) is 0 Å². The first-order valence-electron chi connectivity index (χ1n) is 7.39. The molecule has 118 valence electrons. The second-order valence-electron chi connectivity index (χ2n) is 5.04. The van der Waals surface area contributed by atoms with Crippen molar-refractivity contribution in [3.63, 3.8) is 0 Å². The molecular weight excluding hydrogens is 270 g/mol. The largest absolute Gasteiger partial charge is 0.475 e. The number of anilines is 1. The van der Waals surface area contributed by atoms with Crippen molar-refractivity contribution in [2.24, 2.45) is 0 Å². The molecule has 6 nitrogen and oxygen atoms in total. The van der Waals surface area contributed by atoms with Gasteiger partial charge >= 0.3 is 5.97 Å². The van der Waals surface area contributed by atoms with Gasteiger partial charge in [-0.05, 0) is 34.1 Å². The fourth-order valence-electron chi connectivity index (χ4n) is 1.85. The van der Waals surface area contributed by atoms with Gasteiger partial charge in [-0.25, -0.2) is 4.98 Å². The smallest absolute Gasteiger partial charge is 0.325 e. The SMILES string of the molecule is CCCN(CC(=O)OCC)c1nc(C)cc(OC(C)C)n1. The Kier molecular flexibility index (Phi) is 6.91. The van der Waals surface area contributed by atoms with E-state index in [-0.39, 0.29) is 18.6 Å². The van der Waals surface area contributed by atoms with Crippen molar-refractivity contribution in [2.45, 2.75) is 47.1 Å². The molecule has 0 amide bonds. The summed E-state index contributed by atoms with van der Waals surface area (Å²) in [7, 11) is 0. The van der Waals surface area contributed by atoms with Crippen molar-refractivity contribution >= 4 is 11.9 Å². The molecule has 0 N–H and O–H groups in total. The van der Waals surface area contributed by atoms with Gasteiger partial charge in [0.15, 0.2) is 0 Å². The minimum absolute atomic E-state index is 0.0387. The Morgan fingerprint density at radius 1 is 1.33 bits per heavy atom. The number of aromatic nitrogens is 2. The topological polar surface area (TPSA) is 64.6 Å². The van der Waals surface area contributed by atoms with Crippen LogP contribution >= 0.6 is 0 Å². The van der Waals surface area contributed by atoms with Crippen LogP contribution in [0.5, 0.6) is 5.88 Å². The molecule has 0 fully saturated rings. The highest BCUT2D eigenvalue weighted by Crippen LogP contribution is 2.17. The quantitative estimate of drug-likeness (QED) is 0.686. The first-order chi connectivity index (χ1) is 9.96. The van der Waals surface area contributed by atoms with Gasteiger partial charge in [0.2, 0.25) is 11.8 Å². The number of hydrogen-bond acceptors (Lipinski definition) is 6. The van der Waals surface area contributed by atoms with E-state index < -0.39 is 0 Å². The number of nitrogens with zero attached hydrogens (tertiary/aromatic N) is 3. The van der Waals surface area contributed by atoms with Gasteiger partial charge in [-0.1, -0.05) is 6.92 Å². The number of carbonyl (C=O) groups is 1. The summed E-state index contributed by atoms with van der Waals surface area (Å²) in [6, 6.07) is 1.79. The van der Waals surface area contributed by atoms with Crippen LogP contribution < -0.4 is 9.64 Å². The zero-order valence-electron chi connectivity index (χ0n) is 13.5. The number of carbonyl (C=O) groups excluding carboxylic acids is 1. The van der Waals surface area contributed by atoms with Crippen LogP contribution in [0.4, 0.5) is 5.95 Å². The van der Waals surface area contributed by atoms with Crippen LogP contribution in [0.15, 0.2) is 6.07 Å². The van der Waals surface area contributed by atoms with Gasteiger partial charge in [0.25, 0.3) is 0 Å². The van der Waals surface area contributed by atoms with Crippen LogP contribution in [-0.2, 0) is 9.53 Å². The molecule has 1 aromatic rings. The summed E-state index contributed by atoms with van der Waals surface area (Å²) >= 11 is 0. The maximum atomic E-state index is 11.7. The second-order valence-corrected chi connectivity index (χ2v) is 5.04. The van der Waals surface area contributed by atoms with Crippen LogP contribution in [0.3, 0.4) is 0 Å². The molecule has 1 heterocycles. The molecule has 21 heavy (non-hydrogen) atoms. The predicted molar refractivity (Wildman–Crippen MR) is 81.7 cm³/mol. The van der Waals surface area contributed by atoms with Gasteiger partial charge in [0.05, 0.1) is 12.7 Å². The molecule has 0 unspecified atom stereocenters. The number of hydrogen-bond donors (Lipinski definition) is 0. The molecule has 0 aliphatic rings. The van der Waals surface area contributed by atoms with Gasteiger partial charge < -0.3 is 14.4 Å². The highest BCUT2D eigenvalue weighted by molar-refractivity contribution is 5.75. The standard InChI is InChI=1S/C15H25N3O3/c1-6-8-18(10-14(19)20-7-2)15-16-12(5)9-13(17-15)21-11(3)4/h9,11H,6-8,10H2,1-5H3. The van der Waals surface area contributed by atoms with E-state index in [1.165, 1.54) is 0 Å². The minimum atomic E-state index is -0.276. The number of aryl methyl sites for hydroxylation is 1. The third-order valence-electron chi connectivity index (χ3n) is 2.58. The lowest BCUT2D eigenvalue weighted by molar-refractivity contribution is -0.141. The molecule has 0 saturated heterocycles. The zero-order valence-corrected chi connectivity index (χ0v) is 13.5. The van der Waals surface area contributed by atoms with E-state index >= 15 is 0 Å². The fourth-order valence-corrected chi connectivity index (χ4v) is 1.85. The second kappa shape index (κ2) is 8.44. The number of esters is 1. The summed E-state index contributed by atoms with van der Waals surface area (Å²) in [4.78, 5) is 22.3. The summed E-state index contributed by atoms with van der Waals surface area (Å²) in [5.74, 6) is 0.750. The average Bonchev–Trinajstić information content (AvgIpc) is 2.37. The van der Waals surface area contributed by atoms with Gasteiger partial charge in [-0.2, -0.15) is 4.98 Å². The lowest BCUT2D eigenvalue weighted by Gasteiger charge is -2.22. The summed E-state index contributed by atoms with van der Waals surface area (Å²) in [6.07, 6.45) is 0.925. The van der Waals surface area contributed by atoms with Crippen molar-refractivity contribution in [1.82, 2.24) is 9.97 Å². The molecule has 0 spiro atoms. The highest BCUT2D eigenvalue weighted by atomic mass is 16.5. The van der Waals surface area contributed by atoms with Crippen LogP contribution in [0.2, 0.25) is 0 Å². The maximum absolute atomic E-state index is 11.7. The van der Waals surface area contributed by atoms with Crippen molar-refractivity contribution in [3.8, 4) is 5.88 Å². The molecule has 0 saturated carbocycles. The Labute approximate surface area is 126 Å². The van der Waals surface area contributed by atoms with E-state index in [4.69, 9.17) is 9.47 Å². The Hall–Kier alpha value is -1.85. The summed E-state index contributed by atoms with van der Waals surface area (Å²) in [5, 5.41) is 0. The summed E-state index contributed by atoms with van der Waals surface area (Å²) < 4.78 is 10.6. The van der Waals surface area contributed by atoms with E-state index in [0.717, 1.165) is 12.1 Å². The maximum Gasteiger partial charge on any atom is 0.325 e. The molecule has 6 heteroatoms. The molecule has 0 aromatic carbocycles. The van der Waals surface area contributed by atoms with Crippen LogP contribution in [0.1, 0.15) is 39.8 Å². The molecule has 1 rings (SSSR count). The lowest BCUT2D eigenvalue weighted by atomic mass is 10.4. The number of ether oxygens (including phenoxy) is 2. The molecule has 1 aromatic heterocycles. The molecule has 0 aliphatic carbocycles. The third-order valence-corrected chi connectivity index (χ3v) is 2.58.